The van der Waals surface area contributed by atoms with Gasteiger partial charge in [0.05, 0.1) is 0 Å². The van der Waals surface area contributed by atoms with Crippen LogP contribution in [0, 0.1) is 0 Å². The van der Waals surface area contributed by atoms with Crippen molar-refractivity contribution in [3.8, 4) is 11.5 Å². The van der Waals surface area contributed by atoms with Crippen molar-refractivity contribution in [1.29, 1.82) is 0 Å². The molecule has 0 aromatic heterocycles. The molecule has 0 aliphatic carbocycles. The van der Waals surface area contributed by atoms with Gasteiger partial charge in [-0.05, 0) is 48.6 Å². The fraction of sp³-hybridized carbons (Fsp3) is 0.321. The maximum Gasteiger partial charge on any atom is 0.340 e. The first-order chi connectivity index (χ1) is 16.1. The minimum atomic E-state index is -1.42. The van der Waals surface area contributed by atoms with Gasteiger partial charge in [-0.25, -0.2) is 4.79 Å². The smallest absolute Gasteiger partial charge is 0.340 e. The zero-order valence-electron chi connectivity index (χ0n) is 19.3. The predicted octanol–water partition coefficient (Wildman–Crippen LogP) is 6.35. The number of rotatable bonds is 13. The highest BCUT2D eigenvalue weighted by molar-refractivity contribution is 5.80. The Bertz CT molecular complexity index is 1000. The molecule has 1 unspecified atom stereocenters. The number of hydrogen-bond donors (Lipinski definition) is 1. The third-order valence-corrected chi connectivity index (χ3v) is 5.50. The minimum absolute atomic E-state index is 0.294. The summed E-state index contributed by atoms with van der Waals surface area (Å²) in [5, 5.41) is 10.2. The standard InChI is InChI=1S/C28H32O5/c1-3-5-18-28(27(29)30,33-4-2)24-16-17-25(31-20-22-12-8-6-9-13-22)26(19-24)32-21-23-14-10-7-11-15-23/h6-17,19H,3-5,18,20-21H2,1-2H3,(H,29,30). The summed E-state index contributed by atoms with van der Waals surface area (Å²) in [6.07, 6.45) is 1.99. The van der Waals surface area contributed by atoms with E-state index in [9.17, 15) is 9.90 Å². The van der Waals surface area contributed by atoms with Crippen LogP contribution in [-0.4, -0.2) is 17.7 Å². The van der Waals surface area contributed by atoms with Gasteiger partial charge in [0.1, 0.15) is 13.2 Å². The quantitative estimate of drug-likeness (QED) is 0.330. The molecule has 3 aromatic rings. The third-order valence-electron chi connectivity index (χ3n) is 5.50. The van der Waals surface area contributed by atoms with Gasteiger partial charge >= 0.3 is 5.97 Å². The molecule has 0 fully saturated rings. The fourth-order valence-electron chi connectivity index (χ4n) is 3.73. The number of carboxylic acid groups (broad SMARTS) is 1. The van der Waals surface area contributed by atoms with Crippen LogP contribution >= 0.6 is 0 Å². The summed E-state index contributed by atoms with van der Waals surface area (Å²) < 4.78 is 18.1. The van der Waals surface area contributed by atoms with Crippen LogP contribution in [0.25, 0.3) is 0 Å². The Balaban J connectivity index is 1.94. The van der Waals surface area contributed by atoms with E-state index >= 15 is 0 Å². The Morgan fingerprint density at radius 2 is 1.39 bits per heavy atom. The van der Waals surface area contributed by atoms with Crippen molar-refractivity contribution in [2.75, 3.05) is 6.61 Å². The van der Waals surface area contributed by atoms with E-state index in [2.05, 4.69) is 0 Å². The summed E-state index contributed by atoms with van der Waals surface area (Å²) in [5.74, 6) is 0.0590. The fourth-order valence-corrected chi connectivity index (χ4v) is 3.73. The molecule has 3 aromatic carbocycles. The molecular formula is C28H32O5. The lowest BCUT2D eigenvalue weighted by atomic mass is 9.88. The van der Waals surface area contributed by atoms with Gasteiger partial charge in [-0.1, -0.05) is 80.1 Å². The first-order valence-electron chi connectivity index (χ1n) is 11.4. The van der Waals surface area contributed by atoms with Gasteiger partial charge in [0.15, 0.2) is 17.1 Å². The molecule has 3 rings (SSSR count). The van der Waals surface area contributed by atoms with Crippen LogP contribution in [0.15, 0.2) is 78.9 Å². The van der Waals surface area contributed by atoms with E-state index in [1.54, 1.807) is 18.2 Å². The molecule has 33 heavy (non-hydrogen) atoms. The molecule has 0 heterocycles. The molecular weight excluding hydrogens is 416 g/mol. The Hall–Kier alpha value is -3.31. The van der Waals surface area contributed by atoms with Gasteiger partial charge < -0.3 is 19.3 Å². The van der Waals surface area contributed by atoms with Crippen molar-refractivity contribution in [2.45, 2.75) is 51.9 Å². The molecule has 0 spiro atoms. The molecule has 0 aliphatic heterocycles. The summed E-state index contributed by atoms with van der Waals surface area (Å²) in [6, 6.07) is 25.0. The van der Waals surface area contributed by atoms with Crippen molar-refractivity contribution in [2.24, 2.45) is 0 Å². The van der Waals surface area contributed by atoms with Crippen molar-refractivity contribution >= 4 is 5.97 Å². The molecule has 0 radical (unpaired) electrons. The van der Waals surface area contributed by atoms with E-state index in [0.29, 0.717) is 43.3 Å². The van der Waals surface area contributed by atoms with E-state index in [-0.39, 0.29) is 0 Å². The summed E-state index contributed by atoms with van der Waals surface area (Å²) in [7, 11) is 0. The lowest BCUT2D eigenvalue weighted by Crippen LogP contribution is -2.39. The number of aliphatic carboxylic acids is 1. The Labute approximate surface area is 195 Å². The molecule has 0 bridgehead atoms. The maximum absolute atomic E-state index is 12.4. The summed E-state index contributed by atoms with van der Waals surface area (Å²) in [5.41, 5.74) is 1.18. The highest BCUT2D eigenvalue weighted by Gasteiger charge is 2.41. The second kappa shape index (κ2) is 12.1. The number of unbranched alkanes of at least 4 members (excludes halogenated alkanes) is 1. The third kappa shape index (κ3) is 6.36. The van der Waals surface area contributed by atoms with Crippen molar-refractivity contribution < 1.29 is 24.1 Å². The molecule has 1 atom stereocenters. The maximum atomic E-state index is 12.4. The Morgan fingerprint density at radius 3 is 1.91 bits per heavy atom. The number of benzene rings is 3. The second-order valence-corrected chi connectivity index (χ2v) is 7.88. The van der Waals surface area contributed by atoms with Gasteiger partial charge in [0.25, 0.3) is 0 Å². The van der Waals surface area contributed by atoms with Crippen LogP contribution in [0.2, 0.25) is 0 Å². The largest absolute Gasteiger partial charge is 0.485 e. The summed E-state index contributed by atoms with van der Waals surface area (Å²) >= 11 is 0. The van der Waals surface area contributed by atoms with Crippen LogP contribution in [0.4, 0.5) is 0 Å². The highest BCUT2D eigenvalue weighted by Crippen LogP contribution is 2.38. The zero-order valence-corrected chi connectivity index (χ0v) is 19.3. The van der Waals surface area contributed by atoms with Crippen molar-refractivity contribution in [3.63, 3.8) is 0 Å². The molecule has 0 saturated heterocycles. The molecule has 5 nitrogen and oxygen atoms in total. The lowest BCUT2D eigenvalue weighted by Gasteiger charge is -2.30. The SMILES string of the molecule is CCCCC(OCC)(C(=O)O)c1ccc(OCc2ccccc2)c(OCc2ccccc2)c1. The molecule has 5 heteroatoms. The summed E-state index contributed by atoms with van der Waals surface area (Å²) in [4.78, 5) is 12.4. The van der Waals surface area contributed by atoms with E-state index in [0.717, 1.165) is 24.0 Å². The molecule has 0 aliphatic rings. The first kappa shape index (κ1) is 24.3. The number of hydrogen-bond acceptors (Lipinski definition) is 4. The normalized spacial score (nSPS) is 12.7. The molecule has 1 N–H and O–H groups in total. The van der Waals surface area contributed by atoms with Gasteiger partial charge in [-0.3, -0.25) is 0 Å². The average molecular weight is 449 g/mol. The average Bonchev–Trinajstić information content (AvgIpc) is 2.85. The topological polar surface area (TPSA) is 65.0 Å². The van der Waals surface area contributed by atoms with E-state index in [1.165, 1.54) is 0 Å². The molecule has 0 amide bonds. The predicted molar refractivity (Wildman–Crippen MR) is 128 cm³/mol. The number of carbonyl (C=O) groups is 1. The van der Waals surface area contributed by atoms with Crippen LogP contribution in [0.5, 0.6) is 11.5 Å². The Kier molecular flexibility index (Phi) is 8.90. The highest BCUT2D eigenvalue weighted by atomic mass is 16.5. The van der Waals surface area contributed by atoms with Crippen LogP contribution < -0.4 is 9.47 Å². The lowest BCUT2D eigenvalue weighted by molar-refractivity contribution is -0.168. The van der Waals surface area contributed by atoms with Crippen LogP contribution in [0.3, 0.4) is 0 Å². The summed E-state index contributed by atoms with van der Waals surface area (Å²) in [6.45, 7) is 4.87. The van der Waals surface area contributed by atoms with E-state index < -0.39 is 11.6 Å². The van der Waals surface area contributed by atoms with Crippen LogP contribution in [0.1, 0.15) is 49.8 Å². The molecule has 174 valence electrons. The van der Waals surface area contributed by atoms with Crippen molar-refractivity contribution in [1.82, 2.24) is 0 Å². The van der Waals surface area contributed by atoms with Gasteiger partial charge in [0.2, 0.25) is 0 Å². The first-order valence-corrected chi connectivity index (χ1v) is 11.4. The minimum Gasteiger partial charge on any atom is -0.485 e. The zero-order chi connectivity index (χ0) is 23.5. The van der Waals surface area contributed by atoms with Gasteiger partial charge in [0, 0.05) is 6.61 Å². The second-order valence-electron chi connectivity index (χ2n) is 7.88. The Morgan fingerprint density at radius 1 is 0.818 bits per heavy atom. The number of ether oxygens (including phenoxy) is 3. The van der Waals surface area contributed by atoms with E-state index in [4.69, 9.17) is 14.2 Å². The van der Waals surface area contributed by atoms with Gasteiger partial charge in [-0.2, -0.15) is 0 Å². The molecule has 0 saturated carbocycles. The van der Waals surface area contributed by atoms with Crippen molar-refractivity contribution in [3.05, 3.63) is 95.6 Å². The van der Waals surface area contributed by atoms with Crippen LogP contribution in [-0.2, 0) is 28.3 Å². The monoisotopic (exact) mass is 448 g/mol. The van der Waals surface area contributed by atoms with Gasteiger partial charge in [-0.15, -0.1) is 0 Å². The van der Waals surface area contributed by atoms with E-state index in [1.807, 2.05) is 74.5 Å². The number of carboxylic acids is 1.